The summed E-state index contributed by atoms with van der Waals surface area (Å²) in [5, 5.41) is 2.61. The maximum Gasteiger partial charge on any atom is 0.317 e. The third-order valence-corrected chi connectivity index (χ3v) is 2.85. The van der Waals surface area contributed by atoms with Crippen LogP contribution < -0.4 is 0 Å². The fourth-order valence-electron chi connectivity index (χ4n) is 1.68. The summed E-state index contributed by atoms with van der Waals surface area (Å²) in [5.41, 5.74) is 0.821. The van der Waals surface area contributed by atoms with Gasteiger partial charge in [0.25, 0.3) is 0 Å². The van der Waals surface area contributed by atoms with Crippen molar-refractivity contribution in [1.82, 2.24) is 0 Å². The minimum Gasteiger partial charge on any atom is -0.468 e. The van der Waals surface area contributed by atoms with E-state index in [2.05, 4.69) is 16.6 Å². The Labute approximate surface area is 111 Å². The van der Waals surface area contributed by atoms with Gasteiger partial charge in [-0.15, -0.1) is 0 Å². The fourth-order valence-corrected chi connectivity index (χ4v) is 1.97. The zero-order valence-corrected chi connectivity index (χ0v) is 10.6. The maximum atomic E-state index is 11.0. The minimum atomic E-state index is -0.339. The Morgan fingerprint density at radius 3 is 2.72 bits per heavy atom. The number of hydrogen-bond acceptors (Lipinski definition) is 2. The van der Waals surface area contributed by atoms with Crippen LogP contribution in [0.5, 0.6) is 0 Å². The standard InChI is InChI=1S/C15H11ClO2/c1-18-14(17)10-4-8-12-6-2-5-11-7-3-9-13(16)15(11)12/h2-3,5-7,9H,10H2,1H3. The van der Waals surface area contributed by atoms with Gasteiger partial charge in [0.2, 0.25) is 0 Å². The van der Waals surface area contributed by atoms with E-state index < -0.39 is 0 Å². The number of ether oxygens (including phenoxy) is 1. The smallest absolute Gasteiger partial charge is 0.317 e. The first kappa shape index (κ1) is 12.5. The van der Waals surface area contributed by atoms with Crippen LogP contribution in [0.4, 0.5) is 0 Å². The van der Waals surface area contributed by atoms with E-state index in [1.54, 1.807) is 0 Å². The van der Waals surface area contributed by atoms with Crippen LogP contribution in [0.25, 0.3) is 10.8 Å². The van der Waals surface area contributed by atoms with Crippen molar-refractivity contribution in [2.24, 2.45) is 0 Å². The molecule has 0 atom stereocenters. The van der Waals surface area contributed by atoms with Crippen molar-refractivity contribution in [3.05, 3.63) is 47.0 Å². The SMILES string of the molecule is COC(=O)CC#Cc1cccc2cccc(Cl)c12. The van der Waals surface area contributed by atoms with E-state index in [4.69, 9.17) is 11.6 Å². The molecule has 0 spiro atoms. The fraction of sp³-hybridized carbons (Fsp3) is 0.133. The van der Waals surface area contributed by atoms with Crippen LogP contribution in [0.1, 0.15) is 12.0 Å². The Morgan fingerprint density at radius 1 is 1.28 bits per heavy atom. The van der Waals surface area contributed by atoms with E-state index in [1.807, 2.05) is 36.4 Å². The summed E-state index contributed by atoms with van der Waals surface area (Å²) in [6, 6.07) is 11.5. The van der Waals surface area contributed by atoms with Gasteiger partial charge in [0.05, 0.1) is 7.11 Å². The van der Waals surface area contributed by atoms with Crippen molar-refractivity contribution in [2.45, 2.75) is 6.42 Å². The molecule has 90 valence electrons. The van der Waals surface area contributed by atoms with Gasteiger partial charge in [-0.25, -0.2) is 0 Å². The molecule has 2 nitrogen and oxygen atoms in total. The van der Waals surface area contributed by atoms with Crippen molar-refractivity contribution >= 4 is 28.3 Å². The molecule has 0 fully saturated rings. The molecule has 0 radical (unpaired) electrons. The molecule has 2 aromatic carbocycles. The highest BCUT2D eigenvalue weighted by Gasteiger charge is 2.02. The third kappa shape index (κ3) is 2.64. The number of hydrogen-bond donors (Lipinski definition) is 0. The topological polar surface area (TPSA) is 26.3 Å². The van der Waals surface area contributed by atoms with Gasteiger partial charge >= 0.3 is 5.97 Å². The Morgan fingerprint density at radius 2 is 2.00 bits per heavy atom. The maximum absolute atomic E-state index is 11.0. The van der Waals surface area contributed by atoms with E-state index >= 15 is 0 Å². The molecule has 3 heteroatoms. The molecule has 0 saturated heterocycles. The zero-order valence-electron chi connectivity index (χ0n) is 9.87. The molecular formula is C15H11ClO2. The average Bonchev–Trinajstić information content (AvgIpc) is 2.39. The van der Waals surface area contributed by atoms with Crippen molar-refractivity contribution < 1.29 is 9.53 Å². The Balaban J connectivity index is 2.42. The molecule has 18 heavy (non-hydrogen) atoms. The number of carbonyl (C=O) groups excluding carboxylic acids is 1. The van der Waals surface area contributed by atoms with Crippen molar-refractivity contribution in [3.8, 4) is 11.8 Å². The first-order valence-electron chi connectivity index (χ1n) is 5.45. The first-order valence-corrected chi connectivity index (χ1v) is 5.83. The predicted molar refractivity (Wildman–Crippen MR) is 72.5 cm³/mol. The average molecular weight is 259 g/mol. The largest absolute Gasteiger partial charge is 0.468 e. The highest BCUT2D eigenvalue weighted by Crippen LogP contribution is 2.26. The molecular weight excluding hydrogens is 248 g/mol. The van der Waals surface area contributed by atoms with Crippen LogP contribution in [0.3, 0.4) is 0 Å². The van der Waals surface area contributed by atoms with Gasteiger partial charge in [-0.2, -0.15) is 0 Å². The van der Waals surface area contributed by atoms with Crippen LogP contribution >= 0.6 is 11.6 Å². The number of halogens is 1. The molecule has 0 aliphatic heterocycles. The molecule has 0 heterocycles. The Hall–Kier alpha value is -1.98. The number of rotatable bonds is 1. The predicted octanol–water partition coefficient (Wildman–Crippen LogP) is 3.41. The molecule has 0 amide bonds. The lowest BCUT2D eigenvalue weighted by Gasteiger charge is -2.02. The minimum absolute atomic E-state index is 0.0807. The van der Waals surface area contributed by atoms with Crippen LogP contribution in [0.15, 0.2) is 36.4 Å². The lowest BCUT2D eigenvalue weighted by Crippen LogP contribution is -1.97. The Kier molecular flexibility index (Phi) is 3.86. The van der Waals surface area contributed by atoms with Gasteiger partial charge in [0.15, 0.2) is 0 Å². The highest BCUT2D eigenvalue weighted by atomic mass is 35.5. The summed E-state index contributed by atoms with van der Waals surface area (Å²) in [6.45, 7) is 0. The van der Waals surface area contributed by atoms with Gasteiger partial charge in [0.1, 0.15) is 6.42 Å². The van der Waals surface area contributed by atoms with Crippen LogP contribution in [0, 0.1) is 11.8 Å². The van der Waals surface area contributed by atoms with Crippen LogP contribution in [-0.4, -0.2) is 13.1 Å². The van der Waals surface area contributed by atoms with Crippen molar-refractivity contribution in [3.63, 3.8) is 0 Å². The highest BCUT2D eigenvalue weighted by molar-refractivity contribution is 6.36. The van der Waals surface area contributed by atoms with Gasteiger partial charge in [-0.3, -0.25) is 4.79 Å². The lowest BCUT2D eigenvalue weighted by atomic mass is 10.0. The molecule has 0 aliphatic carbocycles. The molecule has 0 saturated carbocycles. The van der Waals surface area contributed by atoms with E-state index in [1.165, 1.54) is 7.11 Å². The summed E-state index contributed by atoms with van der Waals surface area (Å²) in [6.07, 6.45) is 0.0807. The number of fused-ring (bicyclic) bond motifs is 1. The second kappa shape index (κ2) is 5.57. The monoisotopic (exact) mass is 258 g/mol. The molecule has 0 N–H and O–H groups in total. The molecule has 0 bridgehead atoms. The van der Waals surface area contributed by atoms with Gasteiger partial charge < -0.3 is 4.74 Å². The van der Waals surface area contributed by atoms with E-state index in [9.17, 15) is 4.79 Å². The second-order valence-corrected chi connectivity index (χ2v) is 4.11. The van der Waals surface area contributed by atoms with Crippen molar-refractivity contribution in [1.29, 1.82) is 0 Å². The summed E-state index contributed by atoms with van der Waals surface area (Å²) < 4.78 is 4.53. The summed E-state index contributed by atoms with van der Waals surface area (Å²) in [7, 11) is 1.35. The van der Waals surface area contributed by atoms with Crippen molar-refractivity contribution in [2.75, 3.05) is 7.11 Å². The van der Waals surface area contributed by atoms with Gasteiger partial charge in [-0.1, -0.05) is 47.7 Å². The van der Waals surface area contributed by atoms with E-state index in [0.29, 0.717) is 5.02 Å². The summed E-state index contributed by atoms with van der Waals surface area (Å²) in [4.78, 5) is 11.0. The number of benzene rings is 2. The number of carbonyl (C=O) groups is 1. The molecule has 0 unspecified atom stereocenters. The molecule has 2 rings (SSSR count). The zero-order chi connectivity index (χ0) is 13.0. The number of esters is 1. The normalized spacial score (nSPS) is 9.67. The quantitative estimate of drug-likeness (QED) is 0.579. The Bertz CT molecular complexity index is 645. The molecule has 0 aromatic heterocycles. The summed E-state index contributed by atoms with van der Waals surface area (Å²) >= 11 is 6.17. The van der Waals surface area contributed by atoms with Crippen LogP contribution in [-0.2, 0) is 9.53 Å². The van der Waals surface area contributed by atoms with Gasteiger partial charge in [0, 0.05) is 16.0 Å². The van der Waals surface area contributed by atoms with Gasteiger partial charge in [-0.05, 0) is 17.5 Å². The molecule has 2 aromatic rings. The van der Waals surface area contributed by atoms with E-state index in [0.717, 1.165) is 16.3 Å². The first-order chi connectivity index (χ1) is 8.72. The molecule has 0 aliphatic rings. The number of methoxy groups -OCH3 is 1. The van der Waals surface area contributed by atoms with Crippen LogP contribution in [0.2, 0.25) is 5.02 Å². The van der Waals surface area contributed by atoms with E-state index in [-0.39, 0.29) is 12.4 Å². The summed E-state index contributed by atoms with van der Waals surface area (Å²) in [5.74, 6) is 5.41. The third-order valence-electron chi connectivity index (χ3n) is 2.54. The lowest BCUT2D eigenvalue weighted by molar-refractivity contribution is -0.139. The second-order valence-electron chi connectivity index (χ2n) is 3.70.